The number of hydrogen-bond acceptors (Lipinski definition) is 6. The molecule has 1 saturated heterocycles. The van der Waals surface area contributed by atoms with Crippen molar-refractivity contribution >= 4 is 5.91 Å². The molecule has 1 aromatic heterocycles. The Morgan fingerprint density at radius 3 is 2.63 bits per heavy atom. The summed E-state index contributed by atoms with van der Waals surface area (Å²) in [6, 6.07) is 9.89. The zero-order chi connectivity index (χ0) is 19.3. The highest BCUT2D eigenvalue weighted by molar-refractivity contribution is 5.82. The van der Waals surface area contributed by atoms with Crippen molar-refractivity contribution in [2.45, 2.75) is 45.3 Å². The average molecular weight is 374 g/mol. The quantitative estimate of drug-likeness (QED) is 0.439. The van der Waals surface area contributed by atoms with Crippen molar-refractivity contribution in [3.63, 3.8) is 0 Å². The van der Waals surface area contributed by atoms with Crippen LogP contribution in [-0.4, -0.2) is 35.1 Å². The molecule has 3 rings (SSSR count). The van der Waals surface area contributed by atoms with E-state index in [0.717, 1.165) is 42.7 Å². The Kier molecular flexibility index (Phi) is 6.26. The third-order valence-corrected chi connectivity index (χ3v) is 4.89. The first-order chi connectivity index (χ1) is 13.0. The summed E-state index contributed by atoms with van der Waals surface area (Å²) in [4.78, 5) is 16.2. The molecule has 2 N–H and O–H groups in total. The largest absolute Gasteiger partial charge is 0.441 e. The normalized spacial score (nSPS) is 22.6. The number of nitrogens with one attached hydrogen (secondary N) is 1. The summed E-state index contributed by atoms with van der Waals surface area (Å²) in [5, 5.41) is 8.72. The van der Waals surface area contributed by atoms with Gasteiger partial charge in [0.05, 0.1) is 18.9 Å². The van der Waals surface area contributed by atoms with E-state index in [1.54, 1.807) is 5.48 Å². The Hall–Kier alpha value is -2.22. The molecule has 1 aliphatic rings. The molecule has 2 aromatic rings. The lowest BCUT2D eigenvalue weighted by Crippen LogP contribution is -2.52. The minimum atomic E-state index is -1.41. The van der Waals surface area contributed by atoms with Gasteiger partial charge in [0, 0.05) is 11.5 Å². The minimum Gasteiger partial charge on any atom is -0.441 e. The van der Waals surface area contributed by atoms with Gasteiger partial charge in [-0.1, -0.05) is 24.6 Å². The number of nitrogens with zero attached hydrogens (tertiary/aromatic N) is 1. The van der Waals surface area contributed by atoms with Crippen LogP contribution in [0, 0.1) is 12.8 Å². The predicted molar refractivity (Wildman–Crippen MR) is 98.0 cm³/mol. The standard InChI is InChI=1S/C20H26N2O5/c1-14-17(21-18(27-14)16-9-4-3-5-10-16)11-7-6-8-15-12-25-20(2,26-13-15)19(23)22-24/h3-5,9-10,15,24H,6-8,11-13H2,1-2H3,(H,22,23). The zero-order valence-corrected chi connectivity index (χ0v) is 15.7. The summed E-state index contributed by atoms with van der Waals surface area (Å²) in [6.45, 7) is 4.33. The van der Waals surface area contributed by atoms with Crippen LogP contribution in [0.15, 0.2) is 34.7 Å². The summed E-state index contributed by atoms with van der Waals surface area (Å²) in [5.41, 5.74) is 3.56. The van der Waals surface area contributed by atoms with E-state index in [-0.39, 0.29) is 5.92 Å². The number of ether oxygens (including phenoxy) is 2. The Bertz CT molecular complexity index is 751. The molecule has 7 nitrogen and oxygen atoms in total. The predicted octanol–water partition coefficient (Wildman–Crippen LogP) is 3.25. The Morgan fingerprint density at radius 1 is 1.26 bits per heavy atom. The first-order valence-corrected chi connectivity index (χ1v) is 9.26. The van der Waals surface area contributed by atoms with Gasteiger partial charge in [-0.3, -0.25) is 10.0 Å². The highest BCUT2D eigenvalue weighted by Crippen LogP contribution is 2.26. The average Bonchev–Trinajstić information content (AvgIpc) is 3.07. The van der Waals surface area contributed by atoms with Crippen LogP contribution in [-0.2, 0) is 20.7 Å². The summed E-state index contributed by atoms with van der Waals surface area (Å²) >= 11 is 0. The van der Waals surface area contributed by atoms with Crippen molar-refractivity contribution in [1.82, 2.24) is 10.5 Å². The van der Waals surface area contributed by atoms with Crippen molar-refractivity contribution in [1.29, 1.82) is 0 Å². The summed E-state index contributed by atoms with van der Waals surface area (Å²) < 4.78 is 16.8. The monoisotopic (exact) mass is 374 g/mol. The van der Waals surface area contributed by atoms with Crippen LogP contribution in [0.5, 0.6) is 0 Å². The molecule has 1 aliphatic heterocycles. The molecule has 0 atom stereocenters. The van der Waals surface area contributed by atoms with Gasteiger partial charge in [-0.05, 0) is 45.2 Å². The fourth-order valence-corrected chi connectivity index (χ4v) is 3.13. The molecule has 1 fully saturated rings. The third kappa shape index (κ3) is 4.74. The maximum atomic E-state index is 11.5. The van der Waals surface area contributed by atoms with Crippen LogP contribution >= 0.6 is 0 Å². The second-order valence-electron chi connectivity index (χ2n) is 7.01. The zero-order valence-electron chi connectivity index (χ0n) is 15.7. The van der Waals surface area contributed by atoms with E-state index in [1.807, 2.05) is 37.3 Å². The molecule has 146 valence electrons. The summed E-state index contributed by atoms with van der Waals surface area (Å²) in [7, 11) is 0. The summed E-state index contributed by atoms with van der Waals surface area (Å²) in [5.74, 6) is -0.321. The van der Waals surface area contributed by atoms with Gasteiger partial charge in [-0.2, -0.15) is 0 Å². The fourth-order valence-electron chi connectivity index (χ4n) is 3.13. The summed E-state index contributed by atoms with van der Waals surface area (Å²) in [6.07, 6.45) is 3.81. The lowest BCUT2D eigenvalue weighted by Gasteiger charge is -2.35. The number of unbranched alkanes of at least 4 members (excludes halogenated alkanes) is 1. The number of aryl methyl sites for hydroxylation is 2. The van der Waals surface area contributed by atoms with Crippen molar-refractivity contribution in [3.8, 4) is 11.5 Å². The van der Waals surface area contributed by atoms with Crippen LogP contribution in [0.4, 0.5) is 0 Å². The maximum absolute atomic E-state index is 11.5. The third-order valence-electron chi connectivity index (χ3n) is 4.89. The van der Waals surface area contributed by atoms with Gasteiger partial charge in [-0.15, -0.1) is 0 Å². The lowest BCUT2D eigenvalue weighted by atomic mass is 10.0. The molecule has 0 radical (unpaired) electrons. The van der Waals surface area contributed by atoms with Gasteiger partial charge in [0.25, 0.3) is 0 Å². The Labute approximate surface area is 158 Å². The highest BCUT2D eigenvalue weighted by Gasteiger charge is 2.40. The molecule has 0 saturated carbocycles. The van der Waals surface area contributed by atoms with Gasteiger partial charge in [0.1, 0.15) is 5.76 Å². The van der Waals surface area contributed by atoms with E-state index >= 15 is 0 Å². The number of carbonyl (C=O) groups excluding carboxylic acids is 1. The van der Waals surface area contributed by atoms with Crippen LogP contribution < -0.4 is 5.48 Å². The number of hydrogen-bond donors (Lipinski definition) is 2. The van der Waals surface area contributed by atoms with E-state index in [0.29, 0.717) is 19.1 Å². The molecule has 7 heteroatoms. The van der Waals surface area contributed by atoms with Gasteiger partial charge in [0.15, 0.2) is 0 Å². The molecular formula is C20H26N2O5. The molecule has 0 bridgehead atoms. The SMILES string of the molecule is Cc1oc(-c2ccccc2)nc1CCCCC1COC(C)(C(=O)NO)OC1. The van der Waals surface area contributed by atoms with Crippen molar-refractivity contribution < 1.29 is 23.9 Å². The topological polar surface area (TPSA) is 93.8 Å². The Morgan fingerprint density at radius 2 is 1.96 bits per heavy atom. The smallest absolute Gasteiger partial charge is 0.303 e. The number of rotatable bonds is 7. The van der Waals surface area contributed by atoms with E-state index in [4.69, 9.17) is 19.1 Å². The molecule has 0 unspecified atom stereocenters. The van der Waals surface area contributed by atoms with Crippen LogP contribution in [0.3, 0.4) is 0 Å². The molecule has 1 aromatic carbocycles. The molecule has 1 amide bonds. The van der Waals surface area contributed by atoms with Gasteiger partial charge >= 0.3 is 5.91 Å². The maximum Gasteiger partial charge on any atom is 0.303 e. The highest BCUT2D eigenvalue weighted by atomic mass is 16.7. The fraction of sp³-hybridized carbons (Fsp3) is 0.500. The number of amides is 1. The Balaban J connectivity index is 1.43. The number of carbonyl (C=O) groups is 1. The second-order valence-corrected chi connectivity index (χ2v) is 7.01. The number of aromatic nitrogens is 1. The lowest BCUT2D eigenvalue weighted by molar-refractivity contribution is -0.264. The molecule has 2 heterocycles. The molecular weight excluding hydrogens is 348 g/mol. The first-order valence-electron chi connectivity index (χ1n) is 9.26. The minimum absolute atomic E-state index is 0.239. The van der Waals surface area contributed by atoms with Crippen LogP contribution in [0.2, 0.25) is 0 Å². The molecule has 0 aliphatic carbocycles. The first kappa shape index (κ1) is 19.5. The second kappa shape index (κ2) is 8.65. The molecule has 0 spiro atoms. The van der Waals surface area contributed by atoms with Gasteiger partial charge < -0.3 is 13.9 Å². The van der Waals surface area contributed by atoms with Crippen molar-refractivity contribution in [2.24, 2.45) is 5.92 Å². The van der Waals surface area contributed by atoms with Gasteiger partial charge in [0.2, 0.25) is 11.7 Å². The molecule has 27 heavy (non-hydrogen) atoms. The van der Waals surface area contributed by atoms with E-state index < -0.39 is 11.7 Å². The van der Waals surface area contributed by atoms with Crippen LogP contribution in [0.1, 0.15) is 37.6 Å². The van der Waals surface area contributed by atoms with E-state index in [2.05, 4.69) is 4.98 Å². The van der Waals surface area contributed by atoms with Crippen LogP contribution in [0.25, 0.3) is 11.5 Å². The number of benzene rings is 1. The van der Waals surface area contributed by atoms with E-state index in [9.17, 15) is 4.79 Å². The number of oxazole rings is 1. The van der Waals surface area contributed by atoms with Crippen molar-refractivity contribution in [3.05, 3.63) is 41.8 Å². The van der Waals surface area contributed by atoms with Gasteiger partial charge in [-0.25, -0.2) is 10.5 Å². The number of hydroxylamine groups is 1. The van der Waals surface area contributed by atoms with E-state index in [1.165, 1.54) is 6.92 Å². The van der Waals surface area contributed by atoms with Crippen molar-refractivity contribution in [2.75, 3.05) is 13.2 Å².